The van der Waals surface area contributed by atoms with Gasteiger partial charge in [-0.15, -0.1) is 0 Å². The molecule has 0 fully saturated rings. The van der Waals surface area contributed by atoms with E-state index in [4.69, 9.17) is 90.0 Å². The first-order valence-electron chi connectivity index (χ1n) is 3.91. The maximum absolute atomic E-state index is 8.56. The van der Waals surface area contributed by atoms with Gasteiger partial charge in [-0.3, -0.25) is 0 Å². The molecule has 0 aliphatic rings. The van der Waals surface area contributed by atoms with Crippen molar-refractivity contribution in [1.82, 2.24) is 0 Å². The van der Waals surface area contributed by atoms with Crippen molar-refractivity contribution in [2.45, 2.75) is 0 Å². The number of rotatable bonds is 0. The van der Waals surface area contributed by atoms with Crippen molar-refractivity contribution in [1.29, 1.82) is 0 Å². The normalized spacial score (nSPS) is 5.76. The summed E-state index contributed by atoms with van der Waals surface area (Å²) in [4.78, 5) is 51.3. The zero-order valence-corrected chi connectivity index (χ0v) is 10.8. The fraction of sp³-hybridized carbons (Fsp3) is 0. The van der Waals surface area contributed by atoms with Gasteiger partial charge in [-0.25, -0.2) is 28.8 Å². The summed E-state index contributed by atoms with van der Waals surface area (Å²) in [6, 6.07) is 0. The molecule has 25 heavy (non-hydrogen) atoms. The van der Waals surface area contributed by atoms with Gasteiger partial charge in [0.25, 0.3) is 0 Å². The maximum atomic E-state index is 8.56. The van der Waals surface area contributed by atoms with Crippen LogP contribution in [0.15, 0.2) is 0 Å². The Kier molecular flexibility index (Phi) is 63.9. The van der Waals surface area contributed by atoms with Gasteiger partial charge in [0.1, 0.15) is 0 Å². The van der Waals surface area contributed by atoms with Crippen LogP contribution in [0.1, 0.15) is 0 Å². The predicted molar refractivity (Wildman–Crippen MR) is 71.1 cm³/mol. The van der Waals surface area contributed by atoms with Gasteiger partial charge in [-0.2, -0.15) is 0 Å². The van der Waals surface area contributed by atoms with E-state index in [1.54, 1.807) is 0 Å². The third kappa shape index (κ3) is 626. The molecular formula is C6H13NaO18. The summed E-state index contributed by atoms with van der Waals surface area (Å²) in [7, 11) is 0. The van der Waals surface area contributed by atoms with Crippen LogP contribution in [-0.4, -0.2) is 128 Å². The van der Waals surface area contributed by atoms with E-state index in [0.717, 1.165) is 0 Å². The predicted octanol–water partition coefficient (Wildman–Crippen LogP) is 0.686. The molecule has 0 aromatic rings. The van der Waals surface area contributed by atoms with Gasteiger partial charge < -0.3 is 61.3 Å². The van der Waals surface area contributed by atoms with Crippen LogP contribution < -0.4 is 0 Å². The SMILES string of the molecule is O=C(O)O.O=C(O)O.O=C(O)O.O=C(O)O.O=C(O)O.O=C(O)O.[NaH]. The molecule has 19 heteroatoms. The second kappa shape index (κ2) is 37.1. The van der Waals surface area contributed by atoms with Crippen molar-refractivity contribution >= 4 is 66.5 Å². The van der Waals surface area contributed by atoms with Gasteiger partial charge in [0.2, 0.25) is 0 Å². The van der Waals surface area contributed by atoms with Crippen LogP contribution in [0.25, 0.3) is 0 Å². The van der Waals surface area contributed by atoms with Gasteiger partial charge in [0, 0.05) is 0 Å². The first-order valence-corrected chi connectivity index (χ1v) is 3.91. The summed E-state index contributed by atoms with van der Waals surface area (Å²) in [5.41, 5.74) is 0. The van der Waals surface area contributed by atoms with Gasteiger partial charge >= 0.3 is 66.5 Å². The molecule has 0 bridgehead atoms. The molecule has 0 aromatic carbocycles. The number of hydrogen-bond donors (Lipinski definition) is 12. The van der Waals surface area contributed by atoms with E-state index in [2.05, 4.69) is 0 Å². The average molecular weight is 396 g/mol. The van der Waals surface area contributed by atoms with E-state index in [9.17, 15) is 0 Å². The molecule has 0 aromatic heterocycles. The first kappa shape index (κ1) is 43.0. The van der Waals surface area contributed by atoms with Crippen LogP contribution >= 0.6 is 0 Å². The Bertz CT molecular complexity index is 257. The van der Waals surface area contributed by atoms with Crippen molar-refractivity contribution in [3.05, 3.63) is 0 Å². The molecule has 0 amide bonds. The van der Waals surface area contributed by atoms with Gasteiger partial charge in [0.05, 0.1) is 0 Å². The molecule has 0 aliphatic carbocycles. The molecule has 146 valence electrons. The zero-order valence-electron chi connectivity index (χ0n) is 10.8. The molecule has 0 saturated heterocycles. The topological polar surface area (TPSA) is 345 Å². The summed E-state index contributed by atoms with van der Waals surface area (Å²) in [6.45, 7) is 0. The molecule has 0 radical (unpaired) electrons. The number of hydrogen-bond acceptors (Lipinski definition) is 6. The van der Waals surface area contributed by atoms with Crippen molar-refractivity contribution in [2.75, 3.05) is 0 Å². The van der Waals surface area contributed by atoms with Gasteiger partial charge in [-0.1, -0.05) is 0 Å². The third-order valence-corrected chi connectivity index (χ3v) is 0. The van der Waals surface area contributed by atoms with Crippen molar-refractivity contribution in [2.24, 2.45) is 0 Å². The van der Waals surface area contributed by atoms with Crippen molar-refractivity contribution in [3.8, 4) is 0 Å². The minimum atomic E-state index is -1.83. The van der Waals surface area contributed by atoms with Crippen LogP contribution in [0.3, 0.4) is 0 Å². The van der Waals surface area contributed by atoms with Crippen LogP contribution in [0.4, 0.5) is 28.8 Å². The van der Waals surface area contributed by atoms with Crippen molar-refractivity contribution < 1.29 is 90.0 Å². The Hall–Kier alpha value is -3.38. The summed E-state index contributed by atoms with van der Waals surface area (Å²) in [5, 5.41) is 83.7. The monoisotopic (exact) mass is 396 g/mol. The Labute approximate surface area is 157 Å². The first-order chi connectivity index (χ1) is 10.4. The van der Waals surface area contributed by atoms with E-state index >= 15 is 0 Å². The molecule has 0 unspecified atom stereocenters. The summed E-state index contributed by atoms with van der Waals surface area (Å²) in [6.07, 6.45) is -11.0. The molecule has 12 N–H and O–H groups in total. The van der Waals surface area contributed by atoms with E-state index in [1.807, 2.05) is 0 Å². The third-order valence-electron chi connectivity index (χ3n) is 0. The molecule has 0 heterocycles. The Morgan fingerprint density at radius 3 is 0.280 bits per heavy atom. The molecule has 0 atom stereocenters. The molecule has 0 aliphatic heterocycles. The van der Waals surface area contributed by atoms with Crippen molar-refractivity contribution in [3.63, 3.8) is 0 Å². The minimum absolute atomic E-state index is 0. The van der Waals surface area contributed by atoms with E-state index in [0.29, 0.717) is 0 Å². The standard InChI is InChI=1S/6CH2O3.Na.H/c6*2-1(3)4;;/h6*(H2,2,3,4);;. The van der Waals surface area contributed by atoms with E-state index < -0.39 is 36.9 Å². The quantitative estimate of drug-likeness (QED) is 0.250. The average Bonchev–Trinajstić information content (AvgIpc) is 2.08. The Morgan fingerprint density at radius 1 is 0.280 bits per heavy atom. The molecule has 0 saturated carbocycles. The summed E-state index contributed by atoms with van der Waals surface area (Å²) in [5.74, 6) is 0. The zero-order chi connectivity index (χ0) is 21.5. The summed E-state index contributed by atoms with van der Waals surface area (Å²) < 4.78 is 0. The fourth-order valence-corrected chi connectivity index (χ4v) is 0. The van der Waals surface area contributed by atoms with Crippen LogP contribution in [0.2, 0.25) is 0 Å². The Balaban J connectivity index is -0.0000000309. The molecule has 18 nitrogen and oxygen atoms in total. The van der Waals surface area contributed by atoms with Crippen LogP contribution in [0.5, 0.6) is 0 Å². The Morgan fingerprint density at radius 2 is 0.280 bits per heavy atom. The van der Waals surface area contributed by atoms with E-state index in [1.165, 1.54) is 0 Å². The fourth-order valence-electron chi connectivity index (χ4n) is 0. The second-order valence-electron chi connectivity index (χ2n) is 1.70. The molecule has 0 rings (SSSR count). The molecule has 0 spiro atoms. The van der Waals surface area contributed by atoms with E-state index in [-0.39, 0.29) is 29.6 Å². The number of carbonyl (C=O) groups is 6. The van der Waals surface area contributed by atoms with Crippen LogP contribution in [-0.2, 0) is 0 Å². The van der Waals surface area contributed by atoms with Gasteiger partial charge in [-0.05, 0) is 0 Å². The summed E-state index contributed by atoms with van der Waals surface area (Å²) >= 11 is 0. The molecular weight excluding hydrogens is 383 g/mol. The second-order valence-corrected chi connectivity index (χ2v) is 1.70. The van der Waals surface area contributed by atoms with Gasteiger partial charge in [0.15, 0.2) is 0 Å². The number of carboxylic acid groups (broad SMARTS) is 12. The van der Waals surface area contributed by atoms with Crippen LogP contribution in [0, 0.1) is 0 Å².